The first-order valence-electron chi connectivity index (χ1n) is 7.98. The van der Waals surface area contributed by atoms with Gasteiger partial charge in [-0.05, 0) is 36.2 Å². The summed E-state index contributed by atoms with van der Waals surface area (Å²) in [5.41, 5.74) is 2.54. The molecular weight excluding hydrogens is 306 g/mol. The van der Waals surface area contributed by atoms with E-state index in [-0.39, 0.29) is 5.43 Å². The van der Waals surface area contributed by atoms with Crippen molar-refractivity contribution in [3.05, 3.63) is 57.7 Å². The molecule has 0 aliphatic carbocycles. The van der Waals surface area contributed by atoms with Crippen LogP contribution in [0.3, 0.4) is 0 Å². The highest BCUT2D eigenvalue weighted by atomic mass is 32.1. The Morgan fingerprint density at radius 2 is 1.87 bits per heavy atom. The molecule has 0 amide bonds. The van der Waals surface area contributed by atoms with Crippen molar-refractivity contribution in [3.63, 3.8) is 0 Å². The van der Waals surface area contributed by atoms with Crippen LogP contribution in [0.2, 0.25) is 0 Å². The van der Waals surface area contributed by atoms with Crippen molar-refractivity contribution in [2.75, 3.05) is 26.3 Å². The molecule has 0 bridgehead atoms. The SMILES string of the molecule is Cc1ccc2sc3ccccc3c(=O)c2c1CN1CCOCC1. The van der Waals surface area contributed by atoms with Gasteiger partial charge in [0, 0.05) is 39.8 Å². The Balaban J connectivity index is 1.93. The summed E-state index contributed by atoms with van der Waals surface area (Å²) in [5, 5.41) is 1.74. The van der Waals surface area contributed by atoms with E-state index >= 15 is 0 Å². The van der Waals surface area contributed by atoms with Gasteiger partial charge < -0.3 is 4.74 Å². The molecule has 0 radical (unpaired) electrons. The lowest BCUT2D eigenvalue weighted by atomic mass is 10.0. The summed E-state index contributed by atoms with van der Waals surface area (Å²) in [4.78, 5) is 15.4. The summed E-state index contributed by atoms with van der Waals surface area (Å²) in [5.74, 6) is 0. The summed E-state index contributed by atoms with van der Waals surface area (Å²) in [6.45, 7) is 6.35. The van der Waals surface area contributed by atoms with Crippen molar-refractivity contribution >= 4 is 31.5 Å². The highest BCUT2D eigenvalue weighted by Crippen LogP contribution is 2.29. The van der Waals surface area contributed by atoms with E-state index in [0.717, 1.165) is 53.0 Å². The highest BCUT2D eigenvalue weighted by Gasteiger charge is 2.16. The van der Waals surface area contributed by atoms with Crippen LogP contribution in [0, 0.1) is 6.92 Å². The first-order chi connectivity index (χ1) is 11.2. The molecule has 1 fully saturated rings. The molecule has 0 N–H and O–H groups in total. The van der Waals surface area contributed by atoms with Crippen LogP contribution in [-0.2, 0) is 11.3 Å². The number of rotatable bonds is 2. The van der Waals surface area contributed by atoms with Crippen LogP contribution in [0.15, 0.2) is 41.2 Å². The Kier molecular flexibility index (Phi) is 3.89. The van der Waals surface area contributed by atoms with Crippen molar-refractivity contribution < 1.29 is 4.74 Å². The van der Waals surface area contributed by atoms with Gasteiger partial charge in [-0.15, -0.1) is 11.3 Å². The number of hydrogen-bond donors (Lipinski definition) is 0. The largest absolute Gasteiger partial charge is 0.379 e. The normalized spacial score (nSPS) is 16.2. The van der Waals surface area contributed by atoms with Crippen molar-refractivity contribution in [2.45, 2.75) is 13.5 Å². The second-order valence-electron chi connectivity index (χ2n) is 6.05. The zero-order chi connectivity index (χ0) is 15.8. The van der Waals surface area contributed by atoms with Crippen LogP contribution in [0.5, 0.6) is 0 Å². The van der Waals surface area contributed by atoms with Gasteiger partial charge in [0.1, 0.15) is 0 Å². The molecule has 3 nitrogen and oxygen atoms in total. The van der Waals surface area contributed by atoms with Crippen LogP contribution in [0.25, 0.3) is 20.2 Å². The van der Waals surface area contributed by atoms with E-state index in [2.05, 4.69) is 24.0 Å². The Morgan fingerprint density at radius 1 is 1.09 bits per heavy atom. The molecular formula is C19H19NO2S. The third-order valence-electron chi connectivity index (χ3n) is 4.57. The Morgan fingerprint density at radius 3 is 2.70 bits per heavy atom. The van der Waals surface area contributed by atoms with Gasteiger partial charge >= 0.3 is 0 Å². The predicted molar refractivity (Wildman–Crippen MR) is 96.4 cm³/mol. The van der Waals surface area contributed by atoms with Gasteiger partial charge in [0.15, 0.2) is 5.43 Å². The average molecular weight is 325 g/mol. The van der Waals surface area contributed by atoms with E-state index in [1.807, 2.05) is 24.3 Å². The molecule has 0 atom stereocenters. The van der Waals surface area contributed by atoms with Crippen LogP contribution in [0.1, 0.15) is 11.1 Å². The second kappa shape index (κ2) is 6.04. The number of fused-ring (bicyclic) bond motifs is 2. The maximum Gasteiger partial charge on any atom is 0.196 e. The molecule has 2 aromatic carbocycles. The minimum Gasteiger partial charge on any atom is -0.379 e. The lowest BCUT2D eigenvalue weighted by molar-refractivity contribution is 0.0343. The van der Waals surface area contributed by atoms with Gasteiger partial charge in [-0.3, -0.25) is 9.69 Å². The Labute approximate surface area is 139 Å². The third kappa shape index (κ3) is 2.67. The van der Waals surface area contributed by atoms with Crippen LogP contribution in [0.4, 0.5) is 0 Å². The van der Waals surface area contributed by atoms with Gasteiger partial charge in [-0.1, -0.05) is 18.2 Å². The van der Waals surface area contributed by atoms with Gasteiger partial charge in [0.05, 0.1) is 13.2 Å². The molecule has 23 heavy (non-hydrogen) atoms. The minimum absolute atomic E-state index is 0.168. The smallest absolute Gasteiger partial charge is 0.196 e. The molecule has 118 valence electrons. The topological polar surface area (TPSA) is 29.5 Å². The number of benzene rings is 2. The van der Waals surface area contributed by atoms with Gasteiger partial charge in [0.25, 0.3) is 0 Å². The highest BCUT2D eigenvalue weighted by molar-refractivity contribution is 7.24. The monoisotopic (exact) mass is 325 g/mol. The molecule has 4 heteroatoms. The summed E-state index contributed by atoms with van der Waals surface area (Å²) in [6.07, 6.45) is 0. The standard InChI is InChI=1S/C19H19NO2S/c1-13-6-7-17-18(15(13)12-20-8-10-22-11-9-20)19(21)14-4-2-3-5-16(14)23-17/h2-7H,8-12H2,1H3. The average Bonchev–Trinajstić information content (AvgIpc) is 2.59. The summed E-state index contributed by atoms with van der Waals surface area (Å²) in [7, 11) is 0. The van der Waals surface area contributed by atoms with Gasteiger partial charge in [0.2, 0.25) is 0 Å². The van der Waals surface area contributed by atoms with E-state index in [1.165, 1.54) is 11.1 Å². The lowest BCUT2D eigenvalue weighted by Crippen LogP contribution is -2.36. The van der Waals surface area contributed by atoms with Crippen molar-refractivity contribution in [2.24, 2.45) is 0 Å². The number of hydrogen-bond acceptors (Lipinski definition) is 4. The van der Waals surface area contributed by atoms with Crippen molar-refractivity contribution in [1.29, 1.82) is 0 Å². The molecule has 0 unspecified atom stereocenters. The lowest BCUT2D eigenvalue weighted by Gasteiger charge is -2.27. The summed E-state index contributed by atoms with van der Waals surface area (Å²) in [6, 6.07) is 12.1. The summed E-state index contributed by atoms with van der Waals surface area (Å²) >= 11 is 1.71. The van der Waals surface area contributed by atoms with Gasteiger partial charge in [-0.2, -0.15) is 0 Å². The third-order valence-corrected chi connectivity index (χ3v) is 5.71. The quantitative estimate of drug-likeness (QED) is 0.675. The molecule has 0 saturated carbocycles. The molecule has 1 saturated heterocycles. The van der Waals surface area contributed by atoms with Crippen LogP contribution >= 0.6 is 11.3 Å². The fourth-order valence-electron chi connectivity index (χ4n) is 3.25. The maximum atomic E-state index is 13.1. The maximum absolute atomic E-state index is 13.1. The van der Waals surface area contributed by atoms with Crippen LogP contribution in [-0.4, -0.2) is 31.2 Å². The fourth-order valence-corrected chi connectivity index (χ4v) is 4.36. The number of ether oxygens (including phenoxy) is 1. The van der Waals surface area contributed by atoms with E-state index < -0.39 is 0 Å². The van der Waals surface area contributed by atoms with Crippen molar-refractivity contribution in [1.82, 2.24) is 4.90 Å². The number of aryl methyl sites for hydroxylation is 1. The van der Waals surface area contributed by atoms with E-state index in [9.17, 15) is 4.79 Å². The first-order valence-corrected chi connectivity index (χ1v) is 8.80. The Bertz CT molecular complexity index is 926. The molecule has 0 spiro atoms. The van der Waals surface area contributed by atoms with E-state index in [0.29, 0.717) is 0 Å². The molecule has 1 aliphatic rings. The second-order valence-corrected chi connectivity index (χ2v) is 7.13. The summed E-state index contributed by atoms with van der Waals surface area (Å²) < 4.78 is 7.58. The minimum atomic E-state index is 0.168. The van der Waals surface area contributed by atoms with E-state index in [4.69, 9.17) is 4.74 Å². The molecule has 1 aliphatic heterocycles. The number of nitrogens with zero attached hydrogens (tertiary/aromatic N) is 1. The fraction of sp³-hybridized carbons (Fsp3) is 0.316. The first kappa shape index (κ1) is 14.8. The van der Waals surface area contributed by atoms with Crippen molar-refractivity contribution in [3.8, 4) is 0 Å². The zero-order valence-corrected chi connectivity index (χ0v) is 14.0. The van der Waals surface area contributed by atoms with Gasteiger partial charge in [-0.25, -0.2) is 0 Å². The Hall–Kier alpha value is -1.75. The molecule has 4 rings (SSSR count). The molecule has 2 heterocycles. The predicted octanol–water partition coefficient (Wildman–Crippen LogP) is 3.56. The van der Waals surface area contributed by atoms with Crippen LogP contribution < -0.4 is 5.43 Å². The number of morpholine rings is 1. The van der Waals surface area contributed by atoms with E-state index in [1.54, 1.807) is 11.3 Å². The molecule has 3 aromatic rings. The molecule has 1 aromatic heterocycles. The zero-order valence-electron chi connectivity index (χ0n) is 13.2.